The predicted octanol–water partition coefficient (Wildman–Crippen LogP) is 1.58. The third-order valence-corrected chi connectivity index (χ3v) is 4.35. The molecule has 0 saturated carbocycles. The lowest BCUT2D eigenvalue weighted by Gasteiger charge is -2.34. The van der Waals surface area contributed by atoms with Crippen molar-refractivity contribution >= 4 is 23.6 Å². The molecule has 2 amide bonds. The fourth-order valence-electron chi connectivity index (χ4n) is 2.88. The van der Waals surface area contributed by atoms with E-state index in [-0.39, 0.29) is 11.8 Å². The van der Waals surface area contributed by atoms with E-state index in [9.17, 15) is 9.59 Å². The number of nitrogens with one attached hydrogen (secondary N) is 1. The van der Waals surface area contributed by atoms with Gasteiger partial charge in [0.25, 0.3) is 11.8 Å². The van der Waals surface area contributed by atoms with Crippen LogP contribution in [0.1, 0.15) is 26.7 Å². The van der Waals surface area contributed by atoms with Gasteiger partial charge in [0.2, 0.25) is 5.95 Å². The Kier molecular flexibility index (Phi) is 4.75. The van der Waals surface area contributed by atoms with Gasteiger partial charge < -0.3 is 24.1 Å². The second-order valence-corrected chi connectivity index (χ2v) is 6.31. The number of amides is 2. The monoisotopic (exact) mass is 382 g/mol. The highest BCUT2D eigenvalue weighted by molar-refractivity contribution is 6.03. The molecule has 0 bridgehead atoms. The normalized spacial score (nSPS) is 14.2. The third kappa shape index (κ3) is 3.70. The molecule has 1 aliphatic rings. The zero-order valence-corrected chi connectivity index (χ0v) is 15.2. The summed E-state index contributed by atoms with van der Waals surface area (Å²) in [4.78, 5) is 36.8. The van der Waals surface area contributed by atoms with Crippen LogP contribution in [0.25, 0.3) is 0 Å². The average Bonchev–Trinajstić information content (AvgIpc) is 3.40. The van der Waals surface area contributed by atoms with Gasteiger partial charge in [0, 0.05) is 44.6 Å². The van der Waals surface area contributed by atoms with E-state index in [0.717, 1.165) is 0 Å². The summed E-state index contributed by atoms with van der Waals surface area (Å²) in [5, 5.41) is 6.34. The number of piperazine rings is 1. The molecule has 10 nitrogen and oxygen atoms in total. The first kappa shape index (κ1) is 17.7. The van der Waals surface area contributed by atoms with Crippen LogP contribution >= 0.6 is 0 Å². The lowest BCUT2D eigenvalue weighted by Crippen LogP contribution is -2.49. The predicted molar refractivity (Wildman–Crippen MR) is 98.0 cm³/mol. The van der Waals surface area contributed by atoms with E-state index in [1.165, 1.54) is 18.7 Å². The number of anilines is 2. The first-order valence-electron chi connectivity index (χ1n) is 8.74. The number of hydrogen-bond donors (Lipinski definition) is 1. The molecule has 1 fully saturated rings. The Bertz CT molecular complexity index is 958. The van der Waals surface area contributed by atoms with Crippen LogP contribution in [-0.4, -0.2) is 58.0 Å². The Balaban J connectivity index is 1.34. The number of rotatable bonds is 4. The van der Waals surface area contributed by atoms with E-state index in [0.29, 0.717) is 55.0 Å². The van der Waals surface area contributed by atoms with E-state index in [1.807, 2.05) is 4.90 Å². The summed E-state index contributed by atoms with van der Waals surface area (Å²) in [6, 6.07) is 4.97. The molecule has 10 heteroatoms. The van der Waals surface area contributed by atoms with Crippen LogP contribution in [0.4, 0.5) is 11.8 Å². The minimum absolute atomic E-state index is 0.124. The molecule has 3 aromatic heterocycles. The minimum Gasteiger partial charge on any atom is -0.459 e. The Hall–Kier alpha value is -3.69. The molecule has 1 N–H and O–H groups in total. The molecule has 144 valence electrons. The summed E-state index contributed by atoms with van der Waals surface area (Å²) < 4.78 is 10.1. The molecule has 4 heterocycles. The van der Waals surface area contributed by atoms with Crippen LogP contribution in [0.3, 0.4) is 0 Å². The van der Waals surface area contributed by atoms with Crippen molar-refractivity contribution in [3.8, 4) is 0 Å². The van der Waals surface area contributed by atoms with E-state index in [1.54, 1.807) is 30.0 Å². The van der Waals surface area contributed by atoms with Gasteiger partial charge in [-0.15, -0.1) is 0 Å². The molecule has 3 aromatic rings. The molecular formula is C18H18N6O4. The highest BCUT2D eigenvalue weighted by Crippen LogP contribution is 2.14. The maximum atomic E-state index is 12.3. The SMILES string of the molecule is Cc1cc(NC(=O)c2cnc(N3CCN(C(=O)c4ccco4)CC3)nc2)no1. The molecule has 1 saturated heterocycles. The third-order valence-electron chi connectivity index (χ3n) is 4.35. The molecule has 0 aliphatic carbocycles. The van der Waals surface area contributed by atoms with Gasteiger partial charge in [-0.05, 0) is 19.1 Å². The topological polar surface area (TPSA) is 118 Å². The number of nitrogens with zero attached hydrogens (tertiary/aromatic N) is 5. The second-order valence-electron chi connectivity index (χ2n) is 6.31. The number of aromatic nitrogens is 3. The maximum absolute atomic E-state index is 12.3. The molecule has 0 atom stereocenters. The van der Waals surface area contributed by atoms with Crippen LogP contribution in [-0.2, 0) is 0 Å². The summed E-state index contributed by atoms with van der Waals surface area (Å²) in [6.45, 7) is 4.00. The highest BCUT2D eigenvalue weighted by Gasteiger charge is 2.25. The summed E-state index contributed by atoms with van der Waals surface area (Å²) in [5.74, 6) is 1.30. The van der Waals surface area contributed by atoms with Crippen molar-refractivity contribution in [3.05, 3.63) is 53.9 Å². The van der Waals surface area contributed by atoms with Gasteiger partial charge in [0.1, 0.15) is 5.76 Å². The van der Waals surface area contributed by atoms with E-state index >= 15 is 0 Å². The molecule has 0 unspecified atom stereocenters. The zero-order valence-electron chi connectivity index (χ0n) is 15.2. The summed E-state index contributed by atoms with van der Waals surface area (Å²) in [6.07, 6.45) is 4.41. The van der Waals surface area contributed by atoms with Crippen molar-refractivity contribution in [1.82, 2.24) is 20.0 Å². The second kappa shape index (κ2) is 7.51. The Morgan fingerprint density at radius 1 is 1.14 bits per heavy atom. The molecule has 0 aromatic carbocycles. The van der Waals surface area contributed by atoms with Crippen LogP contribution in [0, 0.1) is 6.92 Å². The van der Waals surface area contributed by atoms with Crippen molar-refractivity contribution < 1.29 is 18.5 Å². The number of furan rings is 1. The quantitative estimate of drug-likeness (QED) is 0.723. The van der Waals surface area contributed by atoms with Gasteiger partial charge in [0.05, 0.1) is 11.8 Å². The fraction of sp³-hybridized carbons (Fsp3) is 0.278. The first-order valence-corrected chi connectivity index (χ1v) is 8.74. The van der Waals surface area contributed by atoms with Crippen LogP contribution in [0.2, 0.25) is 0 Å². The standard InChI is InChI=1S/C18H18N6O4/c1-12-9-15(22-28-12)21-16(25)13-10-19-18(20-11-13)24-6-4-23(5-7-24)17(26)14-3-2-8-27-14/h2-3,8-11H,4-7H2,1H3,(H,21,22,25). The maximum Gasteiger partial charge on any atom is 0.289 e. The zero-order chi connectivity index (χ0) is 19.5. The van der Waals surface area contributed by atoms with Crippen molar-refractivity contribution in [3.63, 3.8) is 0 Å². The molecule has 28 heavy (non-hydrogen) atoms. The number of hydrogen-bond acceptors (Lipinski definition) is 8. The van der Waals surface area contributed by atoms with Gasteiger partial charge in [-0.2, -0.15) is 0 Å². The molecule has 1 aliphatic heterocycles. The number of carbonyl (C=O) groups is 2. The molecule has 0 radical (unpaired) electrons. The fourth-order valence-corrected chi connectivity index (χ4v) is 2.88. The van der Waals surface area contributed by atoms with Crippen molar-refractivity contribution in [1.29, 1.82) is 0 Å². The summed E-state index contributed by atoms with van der Waals surface area (Å²) >= 11 is 0. The van der Waals surface area contributed by atoms with Crippen molar-refractivity contribution in [2.75, 3.05) is 36.4 Å². The average molecular weight is 382 g/mol. The van der Waals surface area contributed by atoms with E-state index < -0.39 is 0 Å². The van der Waals surface area contributed by atoms with Gasteiger partial charge in [0.15, 0.2) is 11.6 Å². The Labute approximate surface area is 160 Å². The smallest absolute Gasteiger partial charge is 0.289 e. The molecular weight excluding hydrogens is 364 g/mol. The number of aryl methyl sites for hydroxylation is 1. The van der Waals surface area contributed by atoms with Gasteiger partial charge in [-0.3, -0.25) is 9.59 Å². The largest absolute Gasteiger partial charge is 0.459 e. The molecule has 4 rings (SSSR count). The van der Waals surface area contributed by atoms with Crippen molar-refractivity contribution in [2.24, 2.45) is 0 Å². The molecule has 0 spiro atoms. The first-order chi connectivity index (χ1) is 13.6. The van der Waals surface area contributed by atoms with Gasteiger partial charge >= 0.3 is 0 Å². The Morgan fingerprint density at radius 2 is 1.89 bits per heavy atom. The summed E-state index contributed by atoms with van der Waals surface area (Å²) in [7, 11) is 0. The summed E-state index contributed by atoms with van der Waals surface area (Å²) in [5.41, 5.74) is 0.316. The van der Waals surface area contributed by atoms with E-state index in [2.05, 4.69) is 20.4 Å². The van der Waals surface area contributed by atoms with Crippen molar-refractivity contribution in [2.45, 2.75) is 6.92 Å². The lowest BCUT2D eigenvalue weighted by molar-refractivity contribution is 0.0714. The highest BCUT2D eigenvalue weighted by atomic mass is 16.5. The van der Waals surface area contributed by atoms with Gasteiger partial charge in [-0.1, -0.05) is 5.16 Å². The van der Waals surface area contributed by atoms with Crippen LogP contribution in [0.15, 0.2) is 45.8 Å². The van der Waals surface area contributed by atoms with Crippen LogP contribution in [0.5, 0.6) is 0 Å². The Morgan fingerprint density at radius 3 is 2.50 bits per heavy atom. The van der Waals surface area contributed by atoms with Gasteiger partial charge in [-0.25, -0.2) is 9.97 Å². The van der Waals surface area contributed by atoms with E-state index in [4.69, 9.17) is 8.94 Å². The number of carbonyl (C=O) groups excluding carboxylic acids is 2. The van der Waals surface area contributed by atoms with Crippen LogP contribution < -0.4 is 10.2 Å². The lowest BCUT2D eigenvalue weighted by atomic mass is 10.3. The minimum atomic E-state index is -0.367.